The van der Waals surface area contributed by atoms with Crippen molar-refractivity contribution in [1.82, 2.24) is 0 Å². The fraction of sp³-hybridized carbons (Fsp3) is 0.647. The van der Waals surface area contributed by atoms with E-state index < -0.39 is 0 Å². The Labute approximate surface area is 122 Å². The van der Waals surface area contributed by atoms with Crippen LogP contribution in [0.5, 0.6) is 5.75 Å². The fourth-order valence-corrected chi connectivity index (χ4v) is 3.01. The Kier molecular flexibility index (Phi) is 6.19. The summed E-state index contributed by atoms with van der Waals surface area (Å²) in [5.74, 6) is 1.68. The number of aliphatic hydroxyl groups is 1. The van der Waals surface area contributed by atoms with E-state index in [4.69, 9.17) is 4.74 Å². The molecule has 20 heavy (non-hydrogen) atoms. The van der Waals surface area contributed by atoms with E-state index in [1.807, 2.05) is 25.1 Å². The van der Waals surface area contributed by atoms with Crippen LogP contribution in [0.15, 0.2) is 18.2 Å². The molecule has 2 N–H and O–H groups in total. The fourth-order valence-electron chi connectivity index (χ4n) is 3.01. The summed E-state index contributed by atoms with van der Waals surface area (Å²) in [5, 5.41) is 12.9. The van der Waals surface area contributed by atoms with Crippen LogP contribution in [0.1, 0.15) is 51.0 Å². The Morgan fingerprint density at radius 3 is 2.75 bits per heavy atom. The summed E-state index contributed by atoms with van der Waals surface area (Å²) >= 11 is 0. The lowest BCUT2D eigenvalue weighted by Crippen LogP contribution is -2.12. The first-order valence-electron chi connectivity index (χ1n) is 7.94. The van der Waals surface area contributed by atoms with Gasteiger partial charge in [0.2, 0.25) is 0 Å². The molecular formula is C17H27NO2. The smallest absolute Gasteiger partial charge is 0.124 e. The highest BCUT2D eigenvalue weighted by atomic mass is 16.5. The highest BCUT2D eigenvalue weighted by Gasteiger charge is 2.12. The molecule has 0 bridgehead atoms. The maximum absolute atomic E-state index is 9.39. The Hall–Kier alpha value is -1.22. The van der Waals surface area contributed by atoms with Crippen LogP contribution in [0.3, 0.4) is 0 Å². The van der Waals surface area contributed by atoms with Gasteiger partial charge >= 0.3 is 0 Å². The molecule has 0 heterocycles. The molecule has 0 spiro atoms. The Bertz CT molecular complexity index is 400. The van der Waals surface area contributed by atoms with E-state index >= 15 is 0 Å². The highest BCUT2D eigenvalue weighted by Crippen LogP contribution is 2.27. The molecule has 1 saturated carbocycles. The molecule has 1 aliphatic rings. The molecule has 0 aromatic heterocycles. The first-order valence-corrected chi connectivity index (χ1v) is 7.94. The van der Waals surface area contributed by atoms with Crippen LogP contribution < -0.4 is 10.1 Å². The van der Waals surface area contributed by atoms with Crippen molar-refractivity contribution >= 4 is 5.69 Å². The van der Waals surface area contributed by atoms with Gasteiger partial charge in [-0.15, -0.1) is 0 Å². The minimum Gasteiger partial charge on any atom is -0.494 e. The molecule has 0 saturated heterocycles. The maximum atomic E-state index is 9.39. The molecule has 1 aliphatic carbocycles. The predicted molar refractivity (Wildman–Crippen MR) is 83.2 cm³/mol. The summed E-state index contributed by atoms with van der Waals surface area (Å²) in [4.78, 5) is 0. The second kappa shape index (κ2) is 8.15. The Morgan fingerprint density at radius 2 is 2.05 bits per heavy atom. The van der Waals surface area contributed by atoms with Crippen LogP contribution in [0.4, 0.5) is 5.69 Å². The number of rotatable bonds is 7. The van der Waals surface area contributed by atoms with Gasteiger partial charge in [-0.3, -0.25) is 0 Å². The van der Waals surface area contributed by atoms with Gasteiger partial charge in [-0.25, -0.2) is 0 Å². The molecule has 3 heteroatoms. The third kappa shape index (κ3) is 4.41. The first kappa shape index (κ1) is 15.2. The Balaban J connectivity index is 1.82. The maximum Gasteiger partial charge on any atom is 0.124 e. The lowest BCUT2D eigenvalue weighted by atomic mass is 9.87. The van der Waals surface area contributed by atoms with E-state index in [1.54, 1.807) is 0 Å². The number of hydrogen-bond donors (Lipinski definition) is 2. The van der Waals surface area contributed by atoms with Gasteiger partial charge in [-0.2, -0.15) is 0 Å². The molecule has 112 valence electrons. The van der Waals surface area contributed by atoms with Crippen LogP contribution in [-0.2, 0) is 6.61 Å². The zero-order chi connectivity index (χ0) is 14.2. The average molecular weight is 277 g/mol. The zero-order valence-corrected chi connectivity index (χ0v) is 12.5. The molecule has 0 amide bonds. The molecule has 0 atom stereocenters. The van der Waals surface area contributed by atoms with Crippen LogP contribution in [0.25, 0.3) is 0 Å². The summed E-state index contributed by atoms with van der Waals surface area (Å²) in [5.41, 5.74) is 1.93. The van der Waals surface area contributed by atoms with Crippen LogP contribution in [0, 0.1) is 5.92 Å². The van der Waals surface area contributed by atoms with Gasteiger partial charge in [-0.1, -0.05) is 32.1 Å². The summed E-state index contributed by atoms with van der Waals surface area (Å²) in [6.07, 6.45) is 8.27. The van der Waals surface area contributed by atoms with Crippen LogP contribution in [0.2, 0.25) is 0 Å². The minimum atomic E-state index is 0.0213. The molecule has 1 aromatic carbocycles. The second-order valence-corrected chi connectivity index (χ2v) is 5.63. The van der Waals surface area contributed by atoms with E-state index in [-0.39, 0.29) is 6.61 Å². The van der Waals surface area contributed by atoms with Gasteiger partial charge in [0.25, 0.3) is 0 Å². The van der Waals surface area contributed by atoms with E-state index in [1.165, 1.54) is 38.5 Å². The van der Waals surface area contributed by atoms with Crippen molar-refractivity contribution in [2.45, 2.75) is 52.1 Å². The van der Waals surface area contributed by atoms with Gasteiger partial charge in [0.15, 0.2) is 0 Å². The van der Waals surface area contributed by atoms with E-state index in [2.05, 4.69) is 5.32 Å². The van der Waals surface area contributed by atoms with Gasteiger partial charge in [0.05, 0.1) is 13.2 Å². The molecule has 2 rings (SSSR count). The number of aliphatic hydroxyl groups excluding tert-OH is 1. The quantitative estimate of drug-likeness (QED) is 0.792. The second-order valence-electron chi connectivity index (χ2n) is 5.63. The number of ether oxygens (including phenoxy) is 1. The van der Waals surface area contributed by atoms with E-state index in [0.29, 0.717) is 6.61 Å². The summed E-state index contributed by atoms with van der Waals surface area (Å²) in [6.45, 7) is 3.62. The van der Waals surface area contributed by atoms with E-state index in [0.717, 1.165) is 29.5 Å². The molecule has 0 aliphatic heterocycles. The van der Waals surface area contributed by atoms with Crippen LogP contribution >= 0.6 is 0 Å². The van der Waals surface area contributed by atoms with Crippen molar-refractivity contribution in [3.8, 4) is 5.75 Å². The van der Waals surface area contributed by atoms with E-state index in [9.17, 15) is 5.11 Å². The molecule has 3 nitrogen and oxygen atoms in total. The van der Waals surface area contributed by atoms with Crippen molar-refractivity contribution in [3.63, 3.8) is 0 Å². The molecular weight excluding hydrogens is 250 g/mol. The molecule has 1 aromatic rings. The largest absolute Gasteiger partial charge is 0.494 e. The van der Waals surface area contributed by atoms with Gasteiger partial charge in [-0.05, 0) is 37.5 Å². The number of anilines is 1. The molecule has 0 radical (unpaired) electrons. The summed E-state index contributed by atoms with van der Waals surface area (Å²) < 4.78 is 5.49. The number of benzene rings is 1. The van der Waals surface area contributed by atoms with Crippen LogP contribution in [-0.4, -0.2) is 18.3 Å². The minimum absolute atomic E-state index is 0.0213. The lowest BCUT2D eigenvalue weighted by molar-refractivity contribution is 0.267. The molecule has 0 unspecified atom stereocenters. The third-order valence-electron chi connectivity index (χ3n) is 4.14. The SMILES string of the molecule is CCOc1ccc(NCCC2CCCCC2)cc1CO. The topological polar surface area (TPSA) is 41.5 Å². The molecule has 1 fully saturated rings. The van der Waals surface area contributed by atoms with Gasteiger partial charge < -0.3 is 15.2 Å². The highest BCUT2D eigenvalue weighted by molar-refractivity contribution is 5.51. The van der Waals surface area contributed by atoms with Gasteiger partial charge in [0, 0.05) is 17.8 Å². The summed E-state index contributed by atoms with van der Waals surface area (Å²) in [6, 6.07) is 5.97. The predicted octanol–water partition coefficient (Wildman–Crippen LogP) is 3.96. The van der Waals surface area contributed by atoms with Crippen molar-refractivity contribution in [1.29, 1.82) is 0 Å². The standard InChI is InChI=1S/C17H27NO2/c1-2-20-17-9-8-16(12-15(17)13-19)18-11-10-14-6-4-3-5-7-14/h8-9,12,14,18-19H,2-7,10-11,13H2,1H3. The van der Waals surface area contributed by atoms with Crippen molar-refractivity contribution in [2.75, 3.05) is 18.5 Å². The number of hydrogen-bond acceptors (Lipinski definition) is 3. The van der Waals surface area contributed by atoms with Gasteiger partial charge in [0.1, 0.15) is 5.75 Å². The number of nitrogens with one attached hydrogen (secondary N) is 1. The first-order chi connectivity index (χ1) is 9.83. The average Bonchev–Trinajstić information content (AvgIpc) is 2.50. The zero-order valence-electron chi connectivity index (χ0n) is 12.5. The van der Waals surface area contributed by atoms with Crippen molar-refractivity contribution in [2.24, 2.45) is 5.92 Å². The van der Waals surface area contributed by atoms with Crippen molar-refractivity contribution in [3.05, 3.63) is 23.8 Å². The lowest BCUT2D eigenvalue weighted by Gasteiger charge is -2.21. The summed E-state index contributed by atoms with van der Waals surface area (Å²) in [7, 11) is 0. The third-order valence-corrected chi connectivity index (χ3v) is 4.14. The van der Waals surface area contributed by atoms with Crippen molar-refractivity contribution < 1.29 is 9.84 Å². The monoisotopic (exact) mass is 277 g/mol. The normalized spacial score (nSPS) is 16.1. The Morgan fingerprint density at radius 1 is 1.25 bits per heavy atom.